The first-order valence-electron chi connectivity index (χ1n) is 5.81. The normalized spacial score (nSPS) is 18.8. The molecular weight excluding hydrogens is 218 g/mol. The van der Waals surface area contributed by atoms with Gasteiger partial charge in [0.25, 0.3) is 0 Å². The molecule has 17 heavy (non-hydrogen) atoms. The molecule has 1 unspecified atom stereocenters. The summed E-state index contributed by atoms with van der Waals surface area (Å²) in [6.07, 6.45) is 3.26. The Morgan fingerprint density at radius 1 is 1.59 bits per heavy atom. The Hall–Kier alpha value is -1.42. The summed E-state index contributed by atoms with van der Waals surface area (Å²) in [7, 11) is 0. The van der Waals surface area contributed by atoms with E-state index in [1.165, 1.54) is 0 Å². The third-order valence-corrected chi connectivity index (χ3v) is 2.84. The standard InChI is InChI=1S/C11H17N5O/c12-7-10(11-8-13-9-15-11)14-1-2-16-3-5-17-6-4-16/h8-10,14H,1-6H2,(H,13,15). The number of ether oxygens (including phenoxy) is 1. The lowest BCUT2D eigenvalue weighted by Crippen LogP contribution is -2.40. The minimum absolute atomic E-state index is 0.307. The fourth-order valence-corrected chi connectivity index (χ4v) is 1.84. The molecule has 0 spiro atoms. The summed E-state index contributed by atoms with van der Waals surface area (Å²) in [6, 6.07) is 1.91. The molecule has 6 nitrogen and oxygen atoms in total. The molecule has 92 valence electrons. The van der Waals surface area contributed by atoms with Gasteiger partial charge in [-0.25, -0.2) is 4.98 Å². The first kappa shape index (κ1) is 12.0. The van der Waals surface area contributed by atoms with Gasteiger partial charge in [-0.15, -0.1) is 0 Å². The van der Waals surface area contributed by atoms with Gasteiger partial charge in [-0.3, -0.25) is 10.2 Å². The molecule has 0 bridgehead atoms. The maximum atomic E-state index is 9.04. The van der Waals surface area contributed by atoms with E-state index in [0.717, 1.165) is 45.1 Å². The van der Waals surface area contributed by atoms with E-state index in [9.17, 15) is 0 Å². The van der Waals surface area contributed by atoms with E-state index < -0.39 is 0 Å². The summed E-state index contributed by atoms with van der Waals surface area (Å²) >= 11 is 0. The Kier molecular flexibility index (Phi) is 4.50. The lowest BCUT2D eigenvalue weighted by molar-refractivity contribution is 0.0383. The fraction of sp³-hybridized carbons (Fsp3) is 0.636. The molecule has 1 aliphatic heterocycles. The molecule has 0 aliphatic carbocycles. The molecule has 1 fully saturated rings. The van der Waals surface area contributed by atoms with Gasteiger partial charge in [0, 0.05) is 26.2 Å². The van der Waals surface area contributed by atoms with Gasteiger partial charge in [0.05, 0.1) is 37.5 Å². The number of nitrogens with one attached hydrogen (secondary N) is 2. The second kappa shape index (κ2) is 6.35. The second-order valence-electron chi connectivity index (χ2n) is 3.98. The average Bonchev–Trinajstić information content (AvgIpc) is 2.90. The van der Waals surface area contributed by atoms with Crippen molar-refractivity contribution in [1.29, 1.82) is 5.26 Å². The third-order valence-electron chi connectivity index (χ3n) is 2.84. The number of hydrogen-bond acceptors (Lipinski definition) is 5. The number of H-pyrrole nitrogens is 1. The van der Waals surface area contributed by atoms with Crippen LogP contribution in [0.1, 0.15) is 11.7 Å². The molecule has 1 atom stereocenters. The largest absolute Gasteiger partial charge is 0.379 e. The van der Waals surface area contributed by atoms with Crippen molar-refractivity contribution in [1.82, 2.24) is 20.2 Å². The van der Waals surface area contributed by atoms with Gasteiger partial charge in [0.2, 0.25) is 0 Å². The van der Waals surface area contributed by atoms with Gasteiger partial charge in [0.15, 0.2) is 0 Å². The summed E-state index contributed by atoms with van der Waals surface area (Å²) < 4.78 is 5.28. The van der Waals surface area contributed by atoms with Crippen LogP contribution in [-0.2, 0) is 4.74 Å². The number of nitriles is 1. The number of nitrogens with zero attached hydrogens (tertiary/aromatic N) is 3. The average molecular weight is 235 g/mol. The molecule has 1 aromatic rings. The van der Waals surface area contributed by atoms with Crippen molar-refractivity contribution in [2.45, 2.75) is 6.04 Å². The highest BCUT2D eigenvalue weighted by molar-refractivity contribution is 5.11. The number of aromatic amines is 1. The van der Waals surface area contributed by atoms with Crippen LogP contribution in [0.3, 0.4) is 0 Å². The molecule has 0 radical (unpaired) electrons. The fourth-order valence-electron chi connectivity index (χ4n) is 1.84. The highest BCUT2D eigenvalue weighted by atomic mass is 16.5. The van der Waals surface area contributed by atoms with E-state index >= 15 is 0 Å². The summed E-state index contributed by atoms with van der Waals surface area (Å²) in [4.78, 5) is 9.19. The van der Waals surface area contributed by atoms with Gasteiger partial charge in [-0.05, 0) is 0 Å². The van der Waals surface area contributed by atoms with E-state index in [1.54, 1.807) is 12.5 Å². The Labute approximate surface area is 101 Å². The van der Waals surface area contributed by atoms with Gasteiger partial charge < -0.3 is 9.72 Å². The van der Waals surface area contributed by atoms with Gasteiger partial charge >= 0.3 is 0 Å². The summed E-state index contributed by atoms with van der Waals surface area (Å²) in [5.41, 5.74) is 0.814. The molecule has 0 saturated carbocycles. The van der Waals surface area contributed by atoms with Crippen molar-refractivity contribution in [3.05, 3.63) is 18.2 Å². The highest BCUT2D eigenvalue weighted by Crippen LogP contribution is 2.06. The summed E-state index contributed by atoms with van der Waals surface area (Å²) in [5.74, 6) is 0. The van der Waals surface area contributed by atoms with E-state index in [4.69, 9.17) is 10.00 Å². The van der Waals surface area contributed by atoms with E-state index in [1.807, 2.05) is 0 Å². The highest BCUT2D eigenvalue weighted by Gasteiger charge is 2.13. The van der Waals surface area contributed by atoms with Gasteiger partial charge in [-0.1, -0.05) is 0 Å². The van der Waals surface area contributed by atoms with E-state index in [-0.39, 0.29) is 6.04 Å². The van der Waals surface area contributed by atoms with Gasteiger partial charge in [-0.2, -0.15) is 5.26 Å². The minimum Gasteiger partial charge on any atom is -0.379 e. The molecule has 0 amide bonds. The predicted octanol–water partition coefficient (Wildman–Crippen LogP) is -0.104. The van der Waals surface area contributed by atoms with Crippen molar-refractivity contribution >= 4 is 0 Å². The first-order chi connectivity index (χ1) is 8.40. The van der Waals surface area contributed by atoms with Crippen LogP contribution in [0.4, 0.5) is 0 Å². The first-order valence-corrected chi connectivity index (χ1v) is 5.81. The molecule has 2 rings (SSSR count). The summed E-state index contributed by atoms with van der Waals surface area (Å²) in [5, 5.41) is 12.2. The Bertz CT molecular complexity index is 352. The van der Waals surface area contributed by atoms with Crippen LogP contribution in [0.5, 0.6) is 0 Å². The molecule has 1 aliphatic rings. The molecule has 0 aromatic carbocycles. The number of morpholine rings is 1. The van der Waals surface area contributed by atoms with E-state index in [2.05, 4.69) is 26.3 Å². The molecule has 2 N–H and O–H groups in total. The number of hydrogen-bond donors (Lipinski definition) is 2. The van der Waals surface area contributed by atoms with Crippen molar-refractivity contribution in [3.63, 3.8) is 0 Å². The molecular formula is C11H17N5O. The second-order valence-corrected chi connectivity index (χ2v) is 3.98. The third kappa shape index (κ3) is 3.53. The predicted molar refractivity (Wildman–Crippen MR) is 62.2 cm³/mol. The number of rotatable bonds is 5. The van der Waals surface area contributed by atoms with Crippen molar-refractivity contribution in [2.24, 2.45) is 0 Å². The SMILES string of the molecule is N#CC(NCCN1CCOCC1)c1cnc[nH]1. The minimum atomic E-state index is -0.307. The Morgan fingerprint density at radius 3 is 3.06 bits per heavy atom. The van der Waals surface area contributed by atoms with Crippen LogP contribution >= 0.6 is 0 Å². The Morgan fingerprint density at radius 2 is 2.41 bits per heavy atom. The van der Waals surface area contributed by atoms with Gasteiger partial charge in [0.1, 0.15) is 6.04 Å². The quantitative estimate of drug-likeness (QED) is 0.745. The van der Waals surface area contributed by atoms with Crippen LogP contribution in [0, 0.1) is 11.3 Å². The monoisotopic (exact) mass is 235 g/mol. The molecule has 6 heteroatoms. The van der Waals surface area contributed by atoms with E-state index in [0.29, 0.717) is 0 Å². The van der Waals surface area contributed by atoms with Crippen molar-refractivity contribution in [2.75, 3.05) is 39.4 Å². The summed E-state index contributed by atoms with van der Waals surface area (Å²) in [6.45, 7) is 5.29. The van der Waals surface area contributed by atoms with Crippen LogP contribution in [0.25, 0.3) is 0 Å². The molecule has 1 aromatic heterocycles. The van der Waals surface area contributed by atoms with Crippen molar-refractivity contribution in [3.8, 4) is 6.07 Å². The zero-order valence-corrected chi connectivity index (χ0v) is 9.72. The number of aromatic nitrogens is 2. The van der Waals surface area contributed by atoms with Crippen LogP contribution in [0.15, 0.2) is 12.5 Å². The zero-order chi connectivity index (χ0) is 11.9. The van der Waals surface area contributed by atoms with Crippen LogP contribution in [0.2, 0.25) is 0 Å². The molecule has 2 heterocycles. The molecule has 1 saturated heterocycles. The zero-order valence-electron chi connectivity index (χ0n) is 9.72. The maximum absolute atomic E-state index is 9.04. The Balaban J connectivity index is 1.71. The van der Waals surface area contributed by atoms with Crippen LogP contribution in [-0.4, -0.2) is 54.3 Å². The maximum Gasteiger partial charge on any atom is 0.137 e. The number of imidazole rings is 1. The van der Waals surface area contributed by atoms with Crippen LogP contribution < -0.4 is 5.32 Å². The lowest BCUT2D eigenvalue weighted by Gasteiger charge is -2.26. The topological polar surface area (TPSA) is 77.0 Å². The lowest BCUT2D eigenvalue weighted by atomic mass is 10.2. The smallest absolute Gasteiger partial charge is 0.137 e. The van der Waals surface area contributed by atoms with Crippen molar-refractivity contribution < 1.29 is 4.74 Å².